The minimum atomic E-state index is 0.893. The Labute approximate surface area is 74.4 Å². The molecule has 0 heteroatoms. The molecule has 0 spiro atoms. The van der Waals surface area contributed by atoms with E-state index in [1.807, 2.05) is 0 Å². The molecule has 12 heavy (non-hydrogen) atoms. The first-order valence-electron chi connectivity index (χ1n) is 5.15. The molecule has 2 atom stereocenters. The SMILES string of the molecule is C1=CC2C[C]1CC2C1=CCCC1. The van der Waals surface area contributed by atoms with Crippen molar-refractivity contribution in [1.82, 2.24) is 0 Å². The van der Waals surface area contributed by atoms with Crippen molar-refractivity contribution in [2.75, 3.05) is 0 Å². The van der Waals surface area contributed by atoms with Crippen LogP contribution in [-0.2, 0) is 0 Å². The van der Waals surface area contributed by atoms with E-state index >= 15 is 0 Å². The van der Waals surface area contributed by atoms with Crippen LogP contribution in [0.1, 0.15) is 32.1 Å². The molecule has 0 aliphatic heterocycles. The number of fused-ring (bicyclic) bond motifs is 2. The Morgan fingerprint density at radius 3 is 2.83 bits per heavy atom. The van der Waals surface area contributed by atoms with Crippen molar-refractivity contribution in [3.8, 4) is 0 Å². The standard InChI is InChI=1S/C12H15/c1-2-4-10(3-1)12-8-9-5-6-11(12)7-9/h3,5-6,11-12H,1-2,4,7-8H2. The quantitative estimate of drug-likeness (QED) is 0.515. The summed E-state index contributed by atoms with van der Waals surface area (Å²) in [4.78, 5) is 0. The van der Waals surface area contributed by atoms with E-state index in [9.17, 15) is 0 Å². The van der Waals surface area contributed by atoms with Gasteiger partial charge in [-0.15, -0.1) is 0 Å². The molecule has 0 aromatic carbocycles. The molecular formula is C12H15. The molecule has 1 fully saturated rings. The molecule has 1 saturated carbocycles. The van der Waals surface area contributed by atoms with Crippen LogP contribution in [0.3, 0.4) is 0 Å². The van der Waals surface area contributed by atoms with E-state index in [1.54, 1.807) is 11.5 Å². The number of allylic oxidation sites excluding steroid dienone is 4. The smallest absolute Gasteiger partial charge is 0.00151 e. The van der Waals surface area contributed by atoms with E-state index < -0.39 is 0 Å². The molecule has 1 radical (unpaired) electrons. The molecule has 2 bridgehead atoms. The summed E-state index contributed by atoms with van der Waals surface area (Å²) in [5.41, 5.74) is 1.78. The maximum atomic E-state index is 2.50. The molecule has 2 unspecified atom stereocenters. The van der Waals surface area contributed by atoms with E-state index in [0.717, 1.165) is 11.8 Å². The minimum absolute atomic E-state index is 0.893. The second kappa shape index (κ2) is 2.48. The molecule has 0 nitrogen and oxygen atoms in total. The average Bonchev–Trinajstić information content (AvgIpc) is 2.81. The van der Waals surface area contributed by atoms with Crippen molar-refractivity contribution in [2.24, 2.45) is 11.8 Å². The van der Waals surface area contributed by atoms with Crippen LogP contribution >= 0.6 is 0 Å². The van der Waals surface area contributed by atoms with Gasteiger partial charge >= 0.3 is 0 Å². The Kier molecular flexibility index (Phi) is 1.44. The predicted molar refractivity (Wildman–Crippen MR) is 50.5 cm³/mol. The van der Waals surface area contributed by atoms with Crippen LogP contribution in [0.25, 0.3) is 0 Å². The highest BCUT2D eigenvalue weighted by molar-refractivity contribution is 5.32. The Bertz CT molecular complexity index is 247. The summed E-state index contributed by atoms with van der Waals surface area (Å²) in [5, 5.41) is 0. The van der Waals surface area contributed by atoms with Gasteiger partial charge in [0.15, 0.2) is 0 Å². The highest BCUT2D eigenvalue weighted by Crippen LogP contribution is 2.49. The fraction of sp³-hybridized carbons (Fsp3) is 0.583. The van der Waals surface area contributed by atoms with Gasteiger partial charge in [0.25, 0.3) is 0 Å². The van der Waals surface area contributed by atoms with Gasteiger partial charge in [-0.3, -0.25) is 0 Å². The van der Waals surface area contributed by atoms with Crippen LogP contribution in [-0.4, -0.2) is 0 Å². The fourth-order valence-electron chi connectivity index (χ4n) is 3.00. The van der Waals surface area contributed by atoms with Crippen molar-refractivity contribution >= 4 is 0 Å². The van der Waals surface area contributed by atoms with Crippen LogP contribution in [0.2, 0.25) is 0 Å². The second-order valence-electron chi connectivity index (χ2n) is 4.37. The summed E-state index contributed by atoms with van der Waals surface area (Å²) >= 11 is 0. The van der Waals surface area contributed by atoms with Crippen molar-refractivity contribution in [3.63, 3.8) is 0 Å². The van der Waals surface area contributed by atoms with Gasteiger partial charge in [-0.1, -0.05) is 23.8 Å². The van der Waals surface area contributed by atoms with Crippen LogP contribution in [0, 0.1) is 17.8 Å². The Morgan fingerprint density at radius 1 is 1.25 bits per heavy atom. The summed E-state index contributed by atoms with van der Waals surface area (Å²) < 4.78 is 0. The van der Waals surface area contributed by atoms with Gasteiger partial charge in [0.2, 0.25) is 0 Å². The summed E-state index contributed by atoms with van der Waals surface area (Å²) in [6.45, 7) is 0. The predicted octanol–water partition coefficient (Wildman–Crippen LogP) is 3.27. The lowest BCUT2D eigenvalue weighted by Crippen LogP contribution is -2.08. The van der Waals surface area contributed by atoms with E-state index in [2.05, 4.69) is 18.2 Å². The second-order valence-corrected chi connectivity index (χ2v) is 4.37. The summed E-state index contributed by atoms with van der Waals surface area (Å²) in [6, 6.07) is 0. The van der Waals surface area contributed by atoms with Crippen molar-refractivity contribution in [1.29, 1.82) is 0 Å². The lowest BCUT2D eigenvalue weighted by Gasteiger charge is -2.19. The molecule has 3 rings (SSSR count). The van der Waals surface area contributed by atoms with E-state index in [4.69, 9.17) is 0 Å². The van der Waals surface area contributed by atoms with Crippen LogP contribution < -0.4 is 0 Å². The Morgan fingerprint density at radius 2 is 2.25 bits per heavy atom. The maximum absolute atomic E-state index is 2.50. The van der Waals surface area contributed by atoms with Gasteiger partial charge in [0, 0.05) is 0 Å². The topological polar surface area (TPSA) is 0 Å². The molecular weight excluding hydrogens is 144 g/mol. The molecule has 0 saturated heterocycles. The van der Waals surface area contributed by atoms with Crippen molar-refractivity contribution < 1.29 is 0 Å². The van der Waals surface area contributed by atoms with Crippen LogP contribution in [0.4, 0.5) is 0 Å². The number of hydrogen-bond donors (Lipinski definition) is 0. The lowest BCUT2D eigenvalue weighted by molar-refractivity contribution is 0.515. The molecule has 0 aromatic rings. The monoisotopic (exact) mass is 159 g/mol. The Hall–Kier alpha value is -0.520. The van der Waals surface area contributed by atoms with E-state index in [-0.39, 0.29) is 0 Å². The third-order valence-corrected chi connectivity index (χ3v) is 3.63. The van der Waals surface area contributed by atoms with E-state index in [0.29, 0.717) is 0 Å². The van der Waals surface area contributed by atoms with Gasteiger partial charge < -0.3 is 0 Å². The molecule has 0 N–H and O–H groups in total. The van der Waals surface area contributed by atoms with Crippen molar-refractivity contribution in [2.45, 2.75) is 32.1 Å². The molecule has 0 heterocycles. The molecule has 3 aliphatic carbocycles. The third kappa shape index (κ3) is 0.903. The van der Waals surface area contributed by atoms with Gasteiger partial charge in [-0.05, 0) is 49.9 Å². The molecule has 0 aromatic heterocycles. The Balaban J connectivity index is 1.82. The first-order valence-corrected chi connectivity index (χ1v) is 5.15. The largest absolute Gasteiger partial charge is 0.0850 e. The zero-order valence-electron chi connectivity index (χ0n) is 7.42. The molecule has 63 valence electrons. The number of rotatable bonds is 1. The van der Waals surface area contributed by atoms with Crippen LogP contribution in [0.5, 0.6) is 0 Å². The highest BCUT2D eigenvalue weighted by Gasteiger charge is 2.37. The van der Waals surface area contributed by atoms with E-state index in [1.165, 1.54) is 32.1 Å². The number of hydrogen-bond acceptors (Lipinski definition) is 0. The summed E-state index contributed by atoms with van der Waals surface area (Å²) in [5.74, 6) is 3.52. The molecule has 0 amide bonds. The molecule has 3 aliphatic rings. The summed E-state index contributed by atoms with van der Waals surface area (Å²) in [7, 11) is 0. The minimum Gasteiger partial charge on any atom is -0.0850 e. The third-order valence-electron chi connectivity index (χ3n) is 3.63. The lowest BCUT2D eigenvalue weighted by atomic mass is 9.86. The fourth-order valence-corrected chi connectivity index (χ4v) is 3.00. The first kappa shape index (κ1) is 6.94. The first-order chi connectivity index (χ1) is 5.93. The zero-order chi connectivity index (χ0) is 7.97. The normalized spacial score (nSPS) is 39.5. The average molecular weight is 159 g/mol. The van der Waals surface area contributed by atoms with Gasteiger partial charge in [-0.2, -0.15) is 0 Å². The van der Waals surface area contributed by atoms with Gasteiger partial charge in [0.1, 0.15) is 0 Å². The maximum Gasteiger partial charge on any atom is -0.00151 e. The van der Waals surface area contributed by atoms with Crippen LogP contribution in [0.15, 0.2) is 23.8 Å². The summed E-state index contributed by atoms with van der Waals surface area (Å²) in [6.07, 6.45) is 14.2. The van der Waals surface area contributed by atoms with Crippen molar-refractivity contribution in [3.05, 3.63) is 29.7 Å². The van der Waals surface area contributed by atoms with Gasteiger partial charge in [-0.25, -0.2) is 0 Å². The highest BCUT2D eigenvalue weighted by atomic mass is 14.4. The zero-order valence-corrected chi connectivity index (χ0v) is 7.42. The van der Waals surface area contributed by atoms with Gasteiger partial charge in [0.05, 0.1) is 0 Å².